The molecule has 2 aromatic carbocycles. The molecule has 1 N–H and O–H groups in total. The fraction of sp³-hybridized carbons (Fsp3) is 0.385. The van der Waals surface area contributed by atoms with Gasteiger partial charge >= 0.3 is 0 Å². The van der Waals surface area contributed by atoms with Crippen LogP contribution < -0.4 is 9.47 Å². The van der Waals surface area contributed by atoms with E-state index in [0.29, 0.717) is 24.5 Å². The molecule has 7 heteroatoms. The number of piperazine rings is 1. The van der Waals surface area contributed by atoms with Crippen molar-refractivity contribution in [2.45, 2.75) is 38.3 Å². The number of unbranched alkanes of at least 4 members (excludes halogenated alkanes) is 1. The SMILES string of the molecule is CCCCN1CC(=O)N2[C@@H](c3cccc(OC)c3OC)c3[nH]c4ccccc4c3C[C@H]2C1=O. The molecule has 0 radical (unpaired) electrons. The molecule has 5 rings (SSSR count). The average molecular weight is 448 g/mol. The van der Waals surface area contributed by atoms with Gasteiger partial charge in [0.15, 0.2) is 11.5 Å². The summed E-state index contributed by atoms with van der Waals surface area (Å²) in [5, 5.41) is 1.09. The average Bonchev–Trinajstić information content (AvgIpc) is 3.22. The van der Waals surface area contributed by atoms with Crippen LogP contribution in [0.15, 0.2) is 42.5 Å². The normalized spacial score (nSPS) is 20.1. The van der Waals surface area contributed by atoms with Crippen LogP contribution in [-0.2, 0) is 16.0 Å². The van der Waals surface area contributed by atoms with Gasteiger partial charge in [0.05, 0.1) is 20.8 Å². The number of para-hydroxylation sites is 2. The van der Waals surface area contributed by atoms with Crippen molar-refractivity contribution in [1.82, 2.24) is 14.8 Å². The van der Waals surface area contributed by atoms with Gasteiger partial charge in [-0.1, -0.05) is 43.7 Å². The van der Waals surface area contributed by atoms with E-state index in [2.05, 4.69) is 18.0 Å². The van der Waals surface area contributed by atoms with Crippen LogP contribution in [0.1, 0.15) is 42.6 Å². The number of hydrogen-bond acceptors (Lipinski definition) is 4. The molecule has 3 heterocycles. The molecular formula is C26H29N3O4. The lowest BCUT2D eigenvalue weighted by molar-refractivity contribution is -0.158. The summed E-state index contributed by atoms with van der Waals surface area (Å²) in [6.45, 7) is 2.81. The minimum atomic E-state index is -0.546. The zero-order valence-corrected chi connectivity index (χ0v) is 19.3. The smallest absolute Gasteiger partial charge is 0.246 e. The first-order valence-electron chi connectivity index (χ1n) is 11.5. The van der Waals surface area contributed by atoms with Crippen LogP contribution in [-0.4, -0.2) is 59.9 Å². The van der Waals surface area contributed by atoms with Gasteiger partial charge in [0.2, 0.25) is 11.8 Å². The maximum Gasteiger partial charge on any atom is 0.246 e. The van der Waals surface area contributed by atoms with Gasteiger partial charge in [-0.3, -0.25) is 9.59 Å². The number of carbonyl (C=O) groups excluding carboxylic acids is 2. The van der Waals surface area contributed by atoms with E-state index in [1.807, 2.05) is 36.4 Å². The minimum absolute atomic E-state index is 0.0193. The Morgan fingerprint density at radius 1 is 1.06 bits per heavy atom. The molecule has 33 heavy (non-hydrogen) atoms. The molecule has 0 unspecified atom stereocenters. The number of nitrogens with one attached hydrogen (secondary N) is 1. The van der Waals surface area contributed by atoms with E-state index in [1.54, 1.807) is 24.0 Å². The standard InChI is InChI=1S/C26H29N3O4/c1-4-5-13-28-15-22(30)29-20(26(28)31)14-18-16-9-6-7-11-19(16)27-23(18)24(29)17-10-8-12-21(32-2)25(17)33-3/h6-12,20,24,27H,4-5,13-15H2,1-3H3/t20-,24-/m0/s1. The second kappa shape index (κ2) is 8.46. The summed E-state index contributed by atoms with van der Waals surface area (Å²) in [7, 11) is 3.20. The summed E-state index contributed by atoms with van der Waals surface area (Å²) in [6, 6.07) is 12.8. The lowest BCUT2D eigenvalue weighted by Crippen LogP contribution is -2.63. The van der Waals surface area contributed by atoms with Crippen molar-refractivity contribution in [3.05, 3.63) is 59.3 Å². The molecular weight excluding hydrogens is 418 g/mol. The largest absolute Gasteiger partial charge is 0.493 e. The van der Waals surface area contributed by atoms with Crippen molar-refractivity contribution >= 4 is 22.7 Å². The maximum atomic E-state index is 13.6. The summed E-state index contributed by atoms with van der Waals surface area (Å²) < 4.78 is 11.3. The maximum absolute atomic E-state index is 13.6. The first-order valence-corrected chi connectivity index (χ1v) is 11.5. The van der Waals surface area contributed by atoms with E-state index in [1.165, 1.54) is 0 Å². The third kappa shape index (κ3) is 3.34. The van der Waals surface area contributed by atoms with Gasteiger partial charge in [0.1, 0.15) is 12.1 Å². The van der Waals surface area contributed by atoms with Gasteiger partial charge < -0.3 is 24.3 Å². The van der Waals surface area contributed by atoms with E-state index < -0.39 is 12.1 Å². The van der Waals surface area contributed by atoms with E-state index >= 15 is 0 Å². The second-order valence-electron chi connectivity index (χ2n) is 8.68. The first-order chi connectivity index (χ1) is 16.1. The Labute approximate surface area is 193 Å². The number of methoxy groups -OCH3 is 2. The van der Waals surface area contributed by atoms with Crippen LogP contribution in [0, 0.1) is 0 Å². The molecule has 0 bridgehead atoms. The molecule has 0 aliphatic carbocycles. The van der Waals surface area contributed by atoms with E-state index in [-0.39, 0.29) is 18.4 Å². The zero-order chi connectivity index (χ0) is 23.1. The number of aromatic nitrogens is 1. The number of carbonyl (C=O) groups is 2. The molecule has 2 aliphatic rings. The fourth-order valence-corrected chi connectivity index (χ4v) is 5.31. The topological polar surface area (TPSA) is 74.9 Å². The molecule has 1 fully saturated rings. The van der Waals surface area contributed by atoms with Crippen LogP contribution in [0.5, 0.6) is 11.5 Å². The van der Waals surface area contributed by atoms with Gasteiger partial charge in [-0.25, -0.2) is 0 Å². The van der Waals surface area contributed by atoms with Crippen molar-refractivity contribution in [1.29, 1.82) is 0 Å². The predicted molar refractivity (Wildman–Crippen MR) is 126 cm³/mol. The highest BCUT2D eigenvalue weighted by atomic mass is 16.5. The molecule has 1 aromatic heterocycles. The number of amides is 2. The third-order valence-electron chi connectivity index (χ3n) is 6.85. The number of benzene rings is 2. The number of aromatic amines is 1. The number of hydrogen-bond donors (Lipinski definition) is 1. The number of nitrogens with zero attached hydrogens (tertiary/aromatic N) is 2. The van der Waals surface area contributed by atoms with Crippen LogP contribution in [0.4, 0.5) is 0 Å². The van der Waals surface area contributed by atoms with Crippen molar-refractivity contribution in [3.63, 3.8) is 0 Å². The highest BCUT2D eigenvalue weighted by Crippen LogP contribution is 2.46. The van der Waals surface area contributed by atoms with E-state index in [0.717, 1.165) is 40.6 Å². The van der Waals surface area contributed by atoms with Crippen LogP contribution >= 0.6 is 0 Å². The van der Waals surface area contributed by atoms with Crippen molar-refractivity contribution < 1.29 is 19.1 Å². The molecule has 1 saturated heterocycles. The van der Waals surface area contributed by atoms with Gasteiger partial charge in [-0.05, 0) is 24.1 Å². The summed E-state index contributed by atoms with van der Waals surface area (Å²) in [4.78, 5) is 34.2. The number of ether oxygens (including phenoxy) is 2. The van der Waals surface area contributed by atoms with Crippen LogP contribution in [0.3, 0.4) is 0 Å². The van der Waals surface area contributed by atoms with Crippen molar-refractivity contribution in [2.75, 3.05) is 27.3 Å². The second-order valence-corrected chi connectivity index (χ2v) is 8.68. The van der Waals surface area contributed by atoms with E-state index in [4.69, 9.17) is 9.47 Å². The van der Waals surface area contributed by atoms with Gasteiger partial charge in [0.25, 0.3) is 0 Å². The molecule has 2 amide bonds. The number of rotatable bonds is 6. The highest BCUT2D eigenvalue weighted by Gasteiger charge is 2.48. The van der Waals surface area contributed by atoms with Crippen LogP contribution in [0.2, 0.25) is 0 Å². The van der Waals surface area contributed by atoms with Gasteiger partial charge in [-0.15, -0.1) is 0 Å². The van der Waals surface area contributed by atoms with Crippen molar-refractivity contribution in [3.8, 4) is 11.5 Å². The monoisotopic (exact) mass is 447 g/mol. The molecule has 2 atom stereocenters. The number of fused-ring (bicyclic) bond motifs is 4. The lowest BCUT2D eigenvalue weighted by Gasteiger charge is -2.47. The van der Waals surface area contributed by atoms with Gasteiger partial charge in [-0.2, -0.15) is 0 Å². The highest BCUT2D eigenvalue weighted by molar-refractivity contribution is 5.97. The molecule has 3 aromatic rings. The zero-order valence-electron chi connectivity index (χ0n) is 19.3. The molecule has 7 nitrogen and oxygen atoms in total. The minimum Gasteiger partial charge on any atom is -0.493 e. The Morgan fingerprint density at radius 2 is 1.88 bits per heavy atom. The predicted octanol–water partition coefficient (Wildman–Crippen LogP) is 3.67. The summed E-state index contributed by atoms with van der Waals surface area (Å²) in [5.74, 6) is 1.14. The fourth-order valence-electron chi connectivity index (χ4n) is 5.31. The third-order valence-corrected chi connectivity index (χ3v) is 6.85. The Morgan fingerprint density at radius 3 is 2.64 bits per heavy atom. The Balaban J connectivity index is 1.71. The molecule has 172 valence electrons. The van der Waals surface area contributed by atoms with Crippen molar-refractivity contribution in [2.24, 2.45) is 0 Å². The summed E-state index contributed by atoms with van der Waals surface area (Å²) in [6.07, 6.45) is 2.36. The van der Waals surface area contributed by atoms with Crippen LogP contribution in [0.25, 0.3) is 10.9 Å². The summed E-state index contributed by atoms with van der Waals surface area (Å²) >= 11 is 0. The molecule has 0 spiro atoms. The van der Waals surface area contributed by atoms with Gasteiger partial charge in [0, 0.05) is 35.1 Å². The first kappa shape index (κ1) is 21.4. The Kier molecular flexibility index (Phi) is 5.48. The van der Waals surface area contributed by atoms with E-state index in [9.17, 15) is 9.59 Å². The molecule has 2 aliphatic heterocycles. The molecule has 0 saturated carbocycles. The Bertz CT molecular complexity index is 1220. The quantitative estimate of drug-likeness (QED) is 0.626. The lowest BCUT2D eigenvalue weighted by atomic mass is 9.85. The Hall–Kier alpha value is -3.48. The summed E-state index contributed by atoms with van der Waals surface area (Å²) in [5.41, 5.74) is 3.82. The number of H-pyrrole nitrogens is 1.